The topological polar surface area (TPSA) is 70.1 Å². The lowest BCUT2D eigenvalue weighted by Crippen LogP contribution is -2.08. The van der Waals surface area contributed by atoms with Gasteiger partial charge < -0.3 is 10.5 Å². The summed E-state index contributed by atoms with van der Waals surface area (Å²) in [5, 5.41) is 4.36. The maximum absolute atomic E-state index is 11.6. The highest BCUT2D eigenvalue weighted by molar-refractivity contribution is 5.93. The molecule has 5 nitrogen and oxygen atoms in total. The quantitative estimate of drug-likeness (QED) is 0.658. The van der Waals surface area contributed by atoms with Gasteiger partial charge in [-0.15, -0.1) is 0 Å². The average Bonchev–Trinajstić information content (AvgIpc) is 2.57. The Balaban J connectivity index is 3.17. The lowest BCUT2D eigenvalue weighted by Gasteiger charge is -2.09. The first-order valence-corrected chi connectivity index (χ1v) is 6.08. The first-order valence-electron chi connectivity index (χ1n) is 6.08. The van der Waals surface area contributed by atoms with Crippen LogP contribution in [0.2, 0.25) is 0 Å². The molecule has 100 valence electrons. The summed E-state index contributed by atoms with van der Waals surface area (Å²) in [6.07, 6.45) is 1.73. The molecule has 1 rings (SSSR count). The largest absolute Gasteiger partial charge is 0.463 e. The van der Waals surface area contributed by atoms with Crippen LogP contribution in [0.15, 0.2) is 5.57 Å². The van der Waals surface area contributed by atoms with Crippen molar-refractivity contribution in [1.82, 2.24) is 9.78 Å². The van der Waals surface area contributed by atoms with Crippen molar-refractivity contribution in [3.05, 3.63) is 17.0 Å². The fraction of sp³-hybridized carbons (Fsp3) is 0.538. The standard InChI is InChI=1S/C13H21N3O2/c1-6-18-13(17)9(4)7-11-12(14)10(5)15-16(11)8(2)3/h7-8H,6,14H2,1-5H3/b9-7+. The predicted octanol–water partition coefficient (Wildman–Crippen LogP) is 2.32. The van der Waals surface area contributed by atoms with E-state index in [4.69, 9.17) is 10.5 Å². The Morgan fingerprint density at radius 3 is 2.67 bits per heavy atom. The lowest BCUT2D eigenvalue weighted by atomic mass is 10.2. The maximum Gasteiger partial charge on any atom is 0.333 e. The minimum absolute atomic E-state index is 0.183. The van der Waals surface area contributed by atoms with Crippen LogP contribution in [0, 0.1) is 6.92 Å². The van der Waals surface area contributed by atoms with Crippen LogP contribution < -0.4 is 5.73 Å². The summed E-state index contributed by atoms with van der Waals surface area (Å²) in [6, 6.07) is 0.183. The molecule has 0 saturated heterocycles. The van der Waals surface area contributed by atoms with Crippen LogP contribution in [0.1, 0.15) is 45.1 Å². The zero-order valence-electron chi connectivity index (χ0n) is 11.7. The van der Waals surface area contributed by atoms with Crippen molar-refractivity contribution >= 4 is 17.7 Å². The molecule has 0 atom stereocenters. The zero-order valence-corrected chi connectivity index (χ0v) is 11.7. The average molecular weight is 251 g/mol. The number of hydrogen-bond acceptors (Lipinski definition) is 4. The normalized spacial score (nSPS) is 12.0. The Morgan fingerprint density at radius 1 is 1.56 bits per heavy atom. The van der Waals surface area contributed by atoms with E-state index < -0.39 is 0 Å². The van der Waals surface area contributed by atoms with E-state index in [1.165, 1.54) is 0 Å². The summed E-state index contributed by atoms with van der Waals surface area (Å²) >= 11 is 0. The van der Waals surface area contributed by atoms with Gasteiger partial charge in [-0.3, -0.25) is 4.68 Å². The molecule has 18 heavy (non-hydrogen) atoms. The van der Waals surface area contributed by atoms with Crippen LogP contribution in [0.5, 0.6) is 0 Å². The van der Waals surface area contributed by atoms with Gasteiger partial charge in [0, 0.05) is 11.6 Å². The van der Waals surface area contributed by atoms with Crippen LogP contribution in [-0.4, -0.2) is 22.4 Å². The number of aryl methyl sites for hydroxylation is 1. The summed E-state index contributed by atoms with van der Waals surface area (Å²) in [7, 11) is 0. The number of hydrogen-bond donors (Lipinski definition) is 1. The summed E-state index contributed by atoms with van der Waals surface area (Å²) < 4.78 is 6.76. The number of aromatic nitrogens is 2. The maximum atomic E-state index is 11.6. The van der Waals surface area contributed by atoms with Crippen molar-refractivity contribution in [2.75, 3.05) is 12.3 Å². The van der Waals surface area contributed by atoms with Crippen LogP contribution in [-0.2, 0) is 9.53 Å². The van der Waals surface area contributed by atoms with E-state index >= 15 is 0 Å². The molecule has 5 heteroatoms. The molecule has 0 spiro atoms. The molecule has 0 aromatic carbocycles. The Kier molecular flexibility index (Phi) is 4.53. The number of carbonyl (C=O) groups excluding carboxylic acids is 1. The fourth-order valence-electron chi connectivity index (χ4n) is 1.62. The van der Waals surface area contributed by atoms with Crippen molar-refractivity contribution in [2.45, 2.75) is 40.7 Å². The molecule has 0 fully saturated rings. The van der Waals surface area contributed by atoms with Crippen molar-refractivity contribution in [3.8, 4) is 0 Å². The van der Waals surface area contributed by atoms with E-state index in [0.29, 0.717) is 17.9 Å². The fourth-order valence-corrected chi connectivity index (χ4v) is 1.62. The van der Waals surface area contributed by atoms with Gasteiger partial charge in [0.15, 0.2) is 0 Å². The van der Waals surface area contributed by atoms with Crippen molar-refractivity contribution in [3.63, 3.8) is 0 Å². The smallest absolute Gasteiger partial charge is 0.333 e. The first-order chi connectivity index (χ1) is 8.38. The van der Waals surface area contributed by atoms with Crippen molar-refractivity contribution < 1.29 is 9.53 Å². The first kappa shape index (κ1) is 14.3. The molecular formula is C13H21N3O2. The van der Waals surface area contributed by atoms with E-state index in [9.17, 15) is 4.79 Å². The Bertz CT molecular complexity index is 473. The van der Waals surface area contributed by atoms with Gasteiger partial charge in [-0.1, -0.05) is 0 Å². The van der Waals surface area contributed by atoms with Crippen LogP contribution in [0.4, 0.5) is 5.69 Å². The van der Waals surface area contributed by atoms with Crippen LogP contribution >= 0.6 is 0 Å². The molecule has 0 unspecified atom stereocenters. The number of anilines is 1. The van der Waals surface area contributed by atoms with Gasteiger partial charge in [0.1, 0.15) is 0 Å². The Hall–Kier alpha value is -1.78. The lowest BCUT2D eigenvalue weighted by molar-refractivity contribution is -0.138. The molecule has 2 N–H and O–H groups in total. The Morgan fingerprint density at radius 2 is 2.17 bits per heavy atom. The third kappa shape index (κ3) is 2.91. The predicted molar refractivity (Wildman–Crippen MR) is 72.0 cm³/mol. The minimum atomic E-state index is -0.328. The van der Waals surface area contributed by atoms with Crippen LogP contribution in [0.3, 0.4) is 0 Å². The molecule has 0 aliphatic heterocycles. The zero-order chi connectivity index (χ0) is 13.9. The monoisotopic (exact) mass is 251 g/mol. The van der Waals surface area contributed by atoms with Gasteiger partial charge in [-0.05, 0) is 40.7 Å². The van der Waals surface area contributed by atoms with Crippen molar-refractivity contribution in [1.29, 1.82) is 0 Å². The van der Waals surface area contributed by atoms with Gasteiger partial charge in [0.25, 0.3) is 0 Å². The summed E-state index contributed by atoms with van der Waals surface area (Å²) in [5.41, 5.74) is 8.63. The number of nitrogens with zero attached hydrogens (tertiary/aromatic N) is 2. The van der Waals surface area contributed by atoms with Gasteiger partial charge in [0.05, 0.1) is 23.7 Å². The van der Waals surface area contributed by atoms with E-state index in [-0.39, 0.29) is 12.0 Å². The van der Waals surface area contributed by atoms with Gasteiger partial charge in [0.2, 0.25) is 0 Å². The van der Waals surface area contributed by atoms with E-state index in [2.05, 4.69) is 5.10 Å². The SMILES string of the molecule is CCOC(=O)/C(C)=C/c1c(N)c(C)nn1C(C)C. The number of nitrogens with two attached hydrogens (primary N) is 1. The molecule has 0 radical (unpaired) electrons. The summed E-state index contributed by atoms with van der Waals surface area (Å²) in [5.74, 6) is -0.328. The van der Waals surface area contributed by atoms with Gasteiger partial charge in [-0.25, -0.2) is 4.79 Å². The number of esters is 1. The van der Waals surface area contributed by atoms with Crippen LogP contribution in [0.25, 0.3) is 6.08 Å². The summed E-state index contributed by atoms with van der Waals surface area (Å²) in [6.45, 7) is 9.74. The highest BCUT2D eigenvalue weighted by atomic mass is 16.5. The molecule has 0 bridgehead atoms. The highest BCUT2D eigenvalue weighted by Crippen LogP contribution is 2.23. The number of carbonyl (C=O) groups is 1. The number of ether oxygens (including phenoxy) is 1. The molecule has 0 aliphatic rings. The molecule has 1 aromatic heterocycles. The van der Waals surface area contributed by atoms with E-state index in [1.807, 2.05) is 25.5 Å². The minimum Gasteiger partial charge on any atom is -0.463 e. The molecule has 1 heterocycles. The van der Waals surface area contributed by atoms with Gasteiger partial charge >= 0.3 is 5.97 Å². The molecule has 0 amide bonds. The molecular weight excluding hydrogens is 230 g/mol. The molecule has 0 aliphatic carbocycles. The Labute approximate surface area is 108 Å². The highest BCUT2D eigenvalue weighted by Gasteiger charge is 2.14. The number of rotatable bonds is 4. The second-order valence-electron chi connectivity index (χ2n) is 4.47. The molecule has 1 aromatic rings. The summed E-state index contributed by atoms with van der Waals surface area (Å²) in [4.78, 5) is 11.6. The third-order valence-electron chi connectivity index (χ3n) is 2.61. The van der Waals surface area contributed by atoms with Crippen molar-refractivity contribution in [2.24, 2.45) is 0 Å². The van der Waals surface area contributed by atoms with E-state index in [1.54, 1.807) is 19.9 Å². The molecule has 0 saturated carbocycles. The number of nitrogen functional groups attached to an aromatic ring is 1. The second kappa shape index (κ2) is 5.71. The van der Waals surface area contributed by atoms with E-state index in [0.717, 1.165) is 11.4 Å². The second-order valence-corrected chi connectivity index (χ2v) is 4.47. The van der Waals surface area contributed by atoms with Gasteiger partial charge in [-0.2, -0.15) is 5.10 Å². The third-order valence-corrected chi connectivity index (χ3v) is 2.61.